The van der Waals surface area contributed by atoms with Crippen LogP contribution in [0.4, 0.5) is 5.82 Å². The standard InChI is InChI=1S/C27H34N4O2/c1-17-3-2-4-21(7-17)26(33)31-6-5-22-23(15-31)29-16-30-25(22)28-14-24(32)27-11-18-8-19(12-27)10-20(9-18)13-27/h2-4,7,16,18-20,24,32H,5-6,8-15H2,1H3,(H,28,29,30). The van der Waals surface area contributed by atoms with Crippen molar-refractivity contribution in [1.29, 1.82) is 0 Å². The molecular formula is C27H34N4O2. The Bertz CT molecular complexity index is 1030. The number of aliphatic hydroxyl groups is 1. The number of fused-ring (bicyclic) bond motifs is 1. The maximum absolute atomic E-state index is 13.0. The van der Waals surface area contributed by atoms with Crippen LogP contribution < -0.4 is 5.32 Å². The Kier molecular flexibility index (Phi) is 5.17. The first-order valence-electron chi connectivity index (χ1n) is 12.6. The minimum Gasteiger partial charge on any atom is -0.391 e. The average molecular weight is 447 g/mol. The highest BCUT2D eigenvalue weighted by atomic mass is 16.3. The number of nitrogens with one attached hydrogen (secondary N) is 1. The zero-order valence-corrected chi connectivity index (χ0v) is 19.5. The first kappa shape index (κ1) is 21.1. The Morgan fingerprint density at radius 1 is 1.18 bits per heavy atom. The molecule has 6 heteroatoms. The van der Waals surface area contributed by atoms with Crippen molar-refractivity contribution in [3.05, 3.63) is 53.0 Å². The van der Waals surface area contributed by atoms with E-state index in [4.69, 9.17) is 0 Å². The van der Waals surface area contributed by atoms with Crippen LogP contribution in [-0.2, 0) is 13.0 Å². The number of anilines is 1. The van der Waals surface area contributed by atoms with Crippen LogP contribution in [0.15, 0.2) is 30.6 Å². The van der Waals surface area contributed by atoms with Gasteiger partial charge in [-0.2, -0.15) is 0 Å². The average Bonchev–Trinajstić information content (AvgIpc) is 2.80. The summed E-state index contributed by atoms with van der Waals surface area (Å²) in [6, 6.07) is 7.76. The number of hydrogen-bond acceptors (Lipinski definition) is 5. The highest BCUT2D eigenvalue weighted by molar-refractivity contribution is 5.94. The predicted molar refractivity (Wildman–Crippen MR) is 127 cm³/mol. The Hall–Kier alpha value is -2.47. The lowest BCUT2D eigenvalue weighted by Crippen LogP contribution is -2.53. The number of rotatable bonds is 5. The first-order chi connectivity index (χ1) is 16.0. The van der Waals surface area contributed by atoms with Crippen molar-refractivity contribution in [2.24, 2.45) is 23.2 Å². The third-order valence-corrected chi connectivity index (χ3v) is 8.81. The molecule has 174 valence electrons. The highest BCUT2D eigenvalue weighted by Gasteiger charge is 2.53. The first-order valence-corrected chi connectivity index (χ1v) is 12.6. The van der Waals surface area contributed by atoms with E-state index in [1.54, 1.807) is 6.33 Å². The zero-order valence-electron chi connectivity index (χ0n) is 19.5. The molecule has 1 unspecified atom stereocenters. The number of carbonyl (C=O) groups excluding carboxylic acids is 1. The van der Waals surface area contributed by atoms with Gasteiger partial charge < -0.3 is 15.3 Å². The van der Waals surface area contributed by atoms with Gasteiger partial charge in [0.25, 0.3) is 5.91 Å². The summed E-state index contributed by atoms with van der Waals surface area (Å²) in [4.78, 5) is 23.9. The maximum atomic E-state index is 13.0. The lowest BCUT2D eigenvalue weighted by atomic mass is 9.48. The number of aromatic nitrogens is 2. The van der Waals surface area contributed by atoms with E-state index in [9.17, 15) is 9.90 Å². The van der Waals surface area contributed by atoms with Crippen molar-refractivity contribution in [3.63, 3.8) is 0 Å². The normalized spacial score (nSPS) is 30.7. The Morgan fingerprint density at radius 2 is 1.91 bits per heavy atom. The molecule has 6 nitrogen and oxygen atoms in total. The summed E-state index contributed by atoms with van der Waals surface area (Å²) in [5.74, 6) is 3.36. The van der Waals surface area contributed by atoms with E-state index in [1.807, 2.05) is 36.1 Å². The fourth-order valence-corrected chi connectivity index (χ4v) is 7.64. The number of carbonyl (C=O) groups is 1. The van der Waals surface area contributed by atoms with Crippen LogP contribution in [0, 0.1) is 30.1 Å². The van der Waals surface area contributed by atoms with Crippen molar-refractivity contribution in [3.8, 4) is 0 Å². The minimum absolute atomic E-state index is 0.0507. The van der Waals surface area contributed by atoms with Gasteiger partial charge in [-0.25, -0.2) is 9.97 Å². The monoisotopic (exact) mass is 446 g/mol. The molecule has 1 amide bonds. The van der Waals surface area contributed by atoms with Crippen LogP contribution in [0.3, 0.4) is 0 Å². The lowest BCUT2D eigenvalue weighted by Gasteiger charge is -2.58. The number of aliphatic hydroxyl groups excluding tert-OH is 1. The van der Waals surface area contributed by atoms with E-state index in [0.717, 1.165) is 52.4 Å². The fourth-order valence-electron chi connectivity index (χ4n) is 7.64. The number of benzene rings is 1. The third kappa shape index (κ3) is 3.82. The largest absolute Gasteiger partial charge is 0.391 e. The molecule has 0 radical (unpaired) electrons. The van der Waals surface area contributed by atoms with Gasteiger partial charge in [-0.05, 0) is 87.2 Å². The van der Waals surface area contributed by atoms with E-state index in [2.05, 4.69) is 15.3 Å². The molecule has 4 fully saturated rings. The molecule has 2 N–H and O–H groups in total. The Morgan fingerprint density at radius 3 is 2.61 bits per heavy atom. The SMILES string of the molecule is Cc1cccc(C(=O)N2CCc3c(ncnc3NCC(O)C34CC5CC(CC(C5)C3)C4)C2)c1. The van der Waals surface area contributed by atoms with Crippen molar-refractivity contribution in [1.82, 2.24) is 14.9 Å². The van der Waals surface area contributed by atoms with Crippen LogP contribution in [-0.4, -0.2) is 45.1 Å². The van der Waals surface area contributed by atoms with Gasteiger partial charge in [0.2, 0.25) is 0 Å². The van der Waals surface area contributed by atoms with Gasteiger partial charge in [0.1, 0.15) is 12.1 Å². The molecule has 4 saturated carbocycles. The highest BCUT2D eigenvalue weighted by Crippen LogP contribution is 2.61. The van der Waals surface area contributed by atoms with Crippen LogP contribution >= 0.6 is 0 Å². The molecule has 0 spiro atoms. The Balaban J connectivity index is 1.14. The molecule has 33 heavy (non-hydrogen) atoms. The molecule has 2 aromatic rings. The van der Waals surface area contributed by atoms with Gasteiger partial charge in [0.05, 0.1) is 18.3 Å². The summed E-state index contributed by atoms with van der Waals surface area (Å²) in [7, 11) is 0. The van der Waals surface area contributed by atoms with Gasteiger partial charge in [0.15, 0.2) is 0 Å². The summed E-state index contributed by atoms with van der Waals surface area (Å²) in [5.41, 5.74) is 3.91. The van der Waals surface area contributed by atoms with Crippen molar-refractivity contribution >= 4 is 11.7 Å². The van der Waals surface area contributed by atoms with E-state index < -0.39 is 0 Å². The molecular weight excluding hydrogens is 412 g/mol. The summed E-state index contributed by atoms with van der Waals surface area (Å²) >= 11 is 0. The molecule has 1 aromatic heterocycles. The van der Waals surface area contributed by atoms with Crippen molar-refractivity contribution in [2.75, 3.05) is 18.4 Å². The van der Waals surface area contributed by atoms with E-state index in [1.165, 1.54) is 38.5 Å². The Labute approximate surface area is 195 Å². The quantitative estimate of drug-likeness (QED) is 0.727. The van der Waals surface area contributed by atoms with Gasteiger partial charge in [-0.3, -0.25) is 4.79 Å². The molecule has 1 atom stereocenters. The zero-order chi connectivity index (χ0) is 22.6. The van der Waals surface area contributed by atoms with Gasteiger partial charge in [-0.15, -0.1) is 0 Å². The van der Waals surface area contributed by atoms with Crippen molar-refractivity contribution < 1.29 is 9.90 Å². The van der Waals surface area contributed by atoms with Crippen LogP contribution in [0.2, 0.25) is 0 Å². The van der Waals surface area contributed by atoms with Crippen LogP contribution in [0.5, 0.6) is 0 Å². The van der Waals surface area contributed by atoms with Crippen molar-refractivity contribution in [2.45, 2.75) is 64.5 Å². The summed E-state index contributed by atoms with van der Waals surface area (Å²) in [6.07, 6.45) is 9.71. The maximum Gasteiger partial charge on any atom is 0.254 e. The summed E-state index contributed by atoms with van der Waals surface area (Å²) in [5, 5.41) is 14.8. The van der Waals surface area contributed by atoms with Gasteiger partial charge in [-0.1, -0.05) is 17.7 Å². The minimum atomic E-state index is -0.334. The van der Waals surface area contributed by atoms with Gasteiger partial charge in [0, 0.05) is 24.2 Å². The third-order valence-electron chi connectivity index (χ3n) is 8.81. The second-order valence-electron chi connectivity index (χ2n) is 11.2. The molecule has 1 aromatic carbocycles. The molecule has 7 rings (SSSR count). The van der Waals surface area contributed by atoms with Crippen LogP contribution in [0.25, 0.3) is 0 Å². The summed E-state index contributed by atoms with van der Waals surface area (Å²) in [6.45, 7) is 3.70. The number of nitrogens with zero attached hydrogens (tertiary/aromatic N) is 3. The number of aryl methyl sites for hydroxylation is 1. The molecule has 4 bridgehead atoms. The van der Waals surface area contributed by atoms with Crippen LogP contribution in [0.1, 0.15) is 65.7 Å². The number of hydrogen-bond donors (Lipinski definition) is 2. The molecule has 4 aliphatic carbocycles. The second kappa shape index (κ2) is 8.08. The molecule has 1 aliphatic heterocycles. The molecule has 5 aliphatic rings. The predicted octanol–water partition coefficient (Wildman–Crippen LogP) is 3.97. The molecule has 0 saturated heterocycles. The smallest absolute Gasteiger partial charge is 0.254 e. The second-order valence-corrected chi connectivity index (χ2v) is 11.2. The van der Waals surface area contributed by atoms with E-state index >= 15 is 0 Å². The number of amides is 1. The fraction of sp³-hybridized carbons (Fsp3) is 0.593. The molecule has 2 heterocycles. The topological polar surface area (TPSA) is 78.4 Å². The van der Waals surface area contributed by atoms with Gasteiger partial charge >= 0.3 is 0 Å². The lowest BCUT2D eigenvalue weighted by molar-refractivity contribution is -0.115. The summed E-state index contributed by atoms with van der Waals surface area (Å²) < 4.78 is 0. The van der Waals surface area contributed by atoms with E-state index in [0.29, 0.717) is 19.6 Å². The van der Waals surface area contributed by atoms with E-state index in [-0.39, 0.29) is 17.4 Å².